The normalized spacial score (nSPS) is 10.1. The number of aromatic amines is 1. The summed E-state index contributed by atoms with van der Waals surface area (Å²) in [7, 11) is 0. The number of aromatic nitrogens is 4. The third-order valence-electron chi connectivity index (χ3n) is 2.22. The van der Waals surface area contributed by atoms with Crippen molar-refractivity contribution in [2.75, 3.05) is 6.61 Å². The van der Waals surface area contributed by atoms with Gasteiger partial charge >= 0.3 is 0 Å². The summed E-state index contributed by atoms with van der Waals surface area (Å²) in [6.07, 6.45) is 0. The first-order valence-corrected chi connectivity index (χ1v) is 5.42. The molecule has 18 heavy (non-hydrogen) atoms. The van der Waals surface area contributed by atoms with Crippen molar-refractivity contribution in [3.63, 3.8) is 0 Å². The highest BCUT2D eigenvalue weighted by Gasteiger charge is 2.04. The van der Waals surface area contributed by atoms with Gasteiger partial charge in [-0.15, -0.1) is 10.2 Å². The highest BCUT2D eigenvalue weighted by molar-refractivity contribution is 5.77. The van der Waals surface area contributed by atoms with Crippen LogP contribution < -0.4 is 10.1 Å². The van der Waals surface area contributed by atoms with Crippen LogP contribution in [0.25, 0.3) is 0 Å². The Labute approximate surface area is 104 Å². The van der Waals surface area contributed by atoms with E-state index in [1.165, 1.54) is 0 Å². The highest BCUT2D eigenvalue weighted by atomic mass is 16.5. The molecule has 0 radical (unpaired) electrons. The Morgan fingerprint density at radius 2 is 2.17 bits per heavy atom. The van der Waals surface area contributed by atoms with Crippen LogP contribution >= 0.6 is 0 Å². The minimum Gasteiger partial charge on any atom is -0.484 e. The number of nitrogens with one attached hydrogen (secondary N) is 2. The molecular weight excluding hydrogens is 234 g/mol. The van der Waals surface area contributed by atoms with E-state index in [0.29, 0.717) is 11.6 Å². The molecule has 7 nitrogen and oxygen atoms in total. The first kappa shape index (κ1) is 12.0. The van der Waals surface area contributed by atoms with Gasteiger partial charge in [0.2, 0.25) is 0 Å². The Balaban J connectivity index is 1.73. The summed E-state index contributed by atoms with van der Waals surface area (Å²) in [6, 6.07) is 7.49. The van der Waals surface area contributed by atoms with Crippen LogP contribution in [0.3, 0.4) is 0 Å². The number of rotatable bonds is 5. The molecule has 1 aromatic heterocycles. The van der Waals surface area contributed by atoms with Gasteiger partial charge in [-0.3, -0.25) is 4.79 Å². The largest absolute Gasteiger partial charge is 0.484 e. The fraction of sp³-hybridized carbons (Fsp3) is 0.273. The van der Waals surface area contributed by atoms with Crippen molar-refractivity contribution in [3.8, 4) is 5.75 Å². The molecule has 1 amide bonds. The molecule has 2 aromatic rings. The number of carbonyl (C=O) groups excluding carboxylic acids is 1. The second-order valence-corrected chi connectivity index (χ2v) is 3.71. The molecule has 0 aliphatic heterocycles. The second kappa shape index (κ2) is 5.76. The summed E-state index contributed by atoms with van der Waals surface area (Å²) in [5.41, 5.74) is 1.14. The van der Waals surface area contributed by atoms with E-state index < -0.39 is 0 Å². The molecule has 1 heterocycles. The number of nitrogens with zero attached hydrogens (tertiary/aromatic N) is 3. The Hall–Kier alpha value is -2.44. The molecule has 7 heteroatoms. The fourth-order valence-corrected chi connectivity index (χ4v) is 1.27. The average Bonchev–Trinajstić information content (AvgIpc) is 2.89. The van der Waals surface area contributed by atoms with Crippen molar-refractivity contribution in [2.24, 2.45) is 0 Å². The molecule has 1 aromatic carbocycles. The molecule has 0 saturated heterocycles. The van der Waals surface area contributed by atoms with E-state index in [9.17, 15) is 4.79 Å². The average molecular weight is 247 g/mol. The number of ether oxygens (including phenoxy) is 1. The topological polar surface area (TPSA) is 92.8 Å². The lowest BCUT2D eigenvalue weighted by Gasteiger charge is -2.06. The molecule has 2 rings (SSSR count). The third-order valence-corrected chi connectivity index (χ3v) is 2.22. The zero-order chi connectivity index (χ0) is 12.8. The standard InChI is InChI=1S/C11H13N5O2/c1-8-2-4-9(5-3-8)18-7-11(17)12-6-10-13-15-16-14-10/h2-5H,6-7H2,1H3,(H,12,17)(H,13,14,15,16). The lowest BCUT2D eigenvalue weighted by atomic mass is 10.2. The van der Waals surface area contributed by atoms with E-state index in [4.69, 9.17) is 4.74 Å². The number of tetrazole rings is 1. The zero-order valence-corrected chi connectivity index (χ0v) is 9.88. The second-order valence-electron chi connectivity index (χ2n) is 3.71. The smallest absolute Gasteiger partial charge is 0.258 e. The van der Waals surface area contributed by atoms with Gasteiger partial charge in [0, 0.05) is 0 Å². The maximum atomic E-state index is 11.5. The monoisotopic (exact) mass is 247 g/mol. The van der Waals surface area contributed by atoms with E-state index >= 15 is 0 Å². The van der Waals surface area contributed by atoms with Gasteiger partial charge in [0.25, 0.3) is 5.91 Å². The molecule has 0 aliphatic carbocycles. The fourth-order valence-electron chi connectivity index (χ4n) is 1.27. The third kappa shape index (κ3) is 3.55. The SMILES string of the molecule is Cc1ccc(OCC(=O)NCc2nn[nH]n2)cc1. The number of amides is 1. The molecule has 0 aliphatic rings. The molecule has 0 spiro atoms. The van der Waals surface area contributed by atoms with E-state index in [2.05, 4.69) is 25.9 Å². The minimum atomic E-state index is -0.236. The van der Waals surface area contributed by atoms with Crippen LogP contribution in [0, 0.1) is 6.92 Å². The Morgan fingerprint density at radius 1 is 1.39 bits per heavy atom. The molecule has 2 N–H and O–H groups in total. The van der Waals surface area contributed by atoms with Crippen LogP contribution in [0.2, 0.25) is 0 Å². The van der Waals surface area contributed by atoms with Crippen molar-refractivity contribution < 1.29 is 9.53 Å². The minimum absolute atomic E-state index is 0.0408. The van der Waals surface area contributed by atoms with Crippen LogP contribution in [0.4, 0.5) is 0 Å². The summed E-state index contributed by atoms with van der Waals surface area (Å²) in [5.74, 6) is 0.856. The van der Waals surface area contributed by atoms with Crippen LogP contribution in [-0.2, 0) is 11.3 Å². The molecular formula is C11H13N5O2. The number of H-pyrrole nitrogens is 1. The number of aryl methyl sites for hydroxylation is 1. The summed E-state index contributed by atoms with van der Waals surface area (Å²) < 4.78 is 5.32. The molecule has 94 valence electrons. The van der Waals surface area contributed by atoms with Crippen LogP contribution in [0.1, 0.15) is 11.4 Å². The number of hydrogen-bond donors (Lipinski definition) is 2. The van der Waals surface area contributed by atoms with Crippen LogP contribution in [-0.4, -0.2) is 33.1 Å². The molecule has 0 saturated carbocycles. The van der Waals surface area contributed by atoms with Crippen LogP contribution in [0.5, 0.6) is 5.75 Å². The predicted molar refractivity (Wildman–Crippen MR) is 62.7 cm³/mol. The van der Waals surface area contributed by atoms with Gasteiger partial charge in [-0.2, -0.15) is 5.21 Å². The van der Waals surface area contributed by atoms with E-state index in [1.807, 2.05) is 31.2 Å². The van der Waals surface area contributed by atoms with Crippen molar-refractivity contribution in [2.45, 2.75) is 13.5 Å². The summed E-state index contributed by atoms with van der Waals surface area (Å²) in [4.78, 5) is 11.5. The maximum Gasteiger partial charge on any atom is 0.258 e. The van der Waals surface area contributed by atoms with Gasteiger partial charge in [0.1, 0.15) is 5.75 Å². The maximum absolute atomic E-state index is 11.5. The Morgan fingerprint density at radius 3 is 2.83 bits per heavy atom. The van der Waals surface area contributed by atoms with Crippen molar-refractivity contribution >= 4 is 5.91 Å². The lowest BCUT2D eigenvalue weighted by molar-refractivity contribution is -0.123. The van der Waals surface area contributed by atoms with Crippen LogP contribution in [0.15, 0.2) is 24.3 Å². The first-order chi connectivity index (χ1) is 8.74. The quantitative estimate of drug-likeness (QED) is 0.787. The van der Waals surface area contributed by atoms with Gasteiger partial charge in [0.15, 0.2) is 12.4 Å². The number of carbonyl (C=O) groups is 1. The van der Waals surface area contributed by atoms with Gasteiger partial charge in [0.05, 0.1) is 6.54 Å². The number of benzene rings is 1. The van der Waals surface area contributed by atoms with Gasteiger partial charge in [-0.05, 0) is 19.1 Å². The van der Waals surface area contributed by atoms with Gasteiger partial charge < -0.3 is 10.1 Å². The molecule has 0 fully saturated rings. The summed E-state index contributed by atoms with van der Waals surface area (Å²) >= 11 is 0. The van der Waals surface area contributed by atoms with Crippen molar-refractivity contribution in [3.05, 3.63) is 35.7 Å². The van der Waals surface area contributed by atoms with Crippen molar-refractivity contribution in [1.82, 2.24) is 25.9 Å². The first-order valence-electron chi connectivity index (χ1n) is 5.42. The van der Waals surface area contributed by atoms with E-state index in [-0.39, 0.29) is 19.1 Å². The zero-order valence-electron chi connectivity index (χ0n) is 9.88. The van der Waals surface area contributed by atoms with E-state index in [0.717, 1.165) is 5.56 Å². The Kier molecular flexibility index (Phi) is 3.85. The van der Waals surface area contributed by atoms with Crippen molar-refractivity contribution in [1.29, 1.82) is 0 Å². The predicted octanol–water partition coefficient (Wildman–Crippen LogP) is 0.203. The molecule has 0 atom stereocenters. The van der Waals surface area contributed by atoms with Gasteiger partial charge in [-0.25, -0.2) is 0 Å². The molecule has 0 unspecified atom stereocenters. The highest BCUT2D eigenvalue weighted by Crippen LogP contribution is 2.10. The lowest BCUT2D eigenvalue weighted by Crippen LogP contribution is -2.28. The molecule has 0 bridgehead atoms. The van der Waals surface area contributed by atoms with E-state index in [1.54, 1.807) is 0 Å². The summed E-state index contributed by atoms with van der Waals surface area (Å²) in [6.45, 7) is 2.18. The number of hydrogen-bond acceptors (Lipinski definition) is 5. The summed E-state index contributed by atoms with van der Waals surface area (Å²) in [5, 5.41) is 15.7. The Bertz CT molecular complexity index is 495. The van der Waals surface area contributed by atoms with Gasteiger partial charge in [-0.1, -0.05) is 22.9 Å².